The molecule has 1 amide bonds. The Labute approximate surface area is 96.6 Å². The molecule has 1 atom stereocenters. The number of carbonyl (C=O) groups is 2. The molecule has 92 valence electrons. The Balaban J connectivity index is 2.27. The fourth-order valence-electron chi connectivity index (χ4n) is 2.17. The molecule has 0 bridgehead atoms. The molecule has 0 radical (unpaired) electrons. The number of carbonyl (C=O) groups excluding carboxylic acids is 1. The molecule has 0 aromatic heterocycles. The molecule has 0 saturated carbocycles. The molecule has 0 aliphatic carbocycles. The van der Waals surface area contributed by atoms with Gasteiger partial charge in [0, 0.05) is 25.9 Å². The monoisotopic (exact) mass is 227 g/mol. The molecular weight excluding hydrogens is 206 g/mol. The number of hydrogen-bond acceptors (Lipinski definition) is 2. The Kier molecular flexibility index (Phi) is 5.29. The zero-order valence-corrected chi connectivity index (χ0v) is 9.95. The second kappa shape index (κ2) is 6.51. The Morgan fingerprint density at radius 3 is 2.75 bits per heavy atom. The predicted octanol–water partition coefficient (Wildman–Crippen LogP) is 1.89. The van der Waals surface area contributed by atoms with Crippen molar-refractivity contribution in [3.8, 4) is 0 Å². The van der Waals surface area contributed by atoms with Crippen LogP contribution in [-0.2, 0) is 9.59 Å². The molecular formula is C12H21NO3. The van der Waals surface area contributed by atoms with Gasteiger partial charge in [-0.05, 0) is 25.2 Å². The fraction of sp³-hybridized carbons (Fsp3) is 0.833. The molecule has 4 nitrogen and oxygen atoms in total. The molecule has 1 heterocycles. The summed E-state index contributed by atoms with van der Waals surface area (Å²) in [6, 6.07) is 0. The molecule has 1 rings (SSSR count). The third-order valence-electron chi connectivity index (χ3n) is 3.23. The summed E-state index contributed by atoms with van der Waals surface area (Å²) in [6.07, 6.45) is 4.36. The number of carboxylic acids is 1. The van der Waals surface area contributed by atoms with Gasteiger partial charge in [0.15, 0.2) is 0 Å². The van der Waals surface area contributed by atoms with Crippen molar-refractivity contribution in [2.75, 3.05) is 13.1 Å². The first-order valence-electron chi connectivity index (χ1n) is 6.13. The van der Waals surface area contributed by atoms with Gasteiger partial charge in [-0.25, -0.2) is 0 Å². The van der Waals surface area contributed by atoms with E-state index >= 15 is 0 Å². The lowest BCUT2D eigenvalue weighted by Crippen LogP contribution is -2.39. The molecule has 1 N–H and O–H groups in total. The standard InChI is InChI=1S/C12H21NO3/c1-2-10-5-4-8-13(9-10)11(14)6-3-7-12(15)16/h10H,2-9H2,1H3,(H,15,16). The van der Waals surface area contributed by atoms with Gasteiger partial charge in [-0.3, -0.25) is 9.59 Å². The van der Waals surface area contributed by atoms with Gasteiger partial charge in [0.2, 0.25) is 5.91 Å². The van der Waals surface area contributed by atoms with Gasteiger partial charge in [0.25, 0.3) is 0 Å². The normalized spacial score (nSPS) is 20.8. The minimum absolute atomic E-state index is 0.0940. The lowest BCUT2D eigenvalue weighted by Gasteiger charge is -2.32. The highest BCUT2D eigenvalue weighted by atomic mass is 16.4. The third-order valence-corrected chi connectivity index (χ3v) is 3.23. The van der Waals surface area contributed by atoms with Gasteiger partial charge in [0.05, 0.1) is 0 Å². The number of rotatable bonds is 5. The van der Waals surface area contributed by atoms with E-state index in [-0.39, 0.29) is 12.3 Å². The molecule has 4 heteroatoms. The van der Waals surface area contributed by atoms with E-state index in [1.54, 1.807) is 0 Å². The van der Waals surface area contributed by atoms with Crippen LogP contribution in [0.2, 0.25) is 0 Å². The number of aliphatic carboxylic acids is 1. The van der Waals surface area contributed by atoms with Gasteiger partial charge in [-0.1, -0.05) is 13.3 Å². The van der Waals surface area contributed by atoms with Crippen molar-refractivity contribution in [1.82, 2.24) is 4.90 Å². The van der Waals surface area contributed by atoms with Crippen LogP contribution in [0.3, 0.4) is 0 Å². The molecule has 1 saturated heterocycles. The molecule has 1 fully saturated rings. The number of piperidine rings is 1. The molecule has 0 spiro atoms. The van der Waals surface area contributed by atoms with Crippen molar-refractivity contribution in [3.63, 3.8) is 0 Å². The highest BCUT2D eigenvalue weighted by Gasteiger charge is 2.21. The van der Waals surface area contributed by atoms with Crippen LogP contribution in [-0.4, -0.2) is 35.0 Å². The summed E-state index contributed by atoms with van der Waals surface area (Å²) >= 11 is 0. The maximum atomic E-state index is 11.8. The van der Waals surface area contributed by atoms with Gasteiger partial charge < -0.3 is 10.0 Å². The van der Waals surface area contributed by atoms with E-state index in [4.69, 9.17) is 5.11 Å². The van der Waals surface area contributed by atoms with E-state index < -0.39 is 5.97 Å². The van der Waals surface area contributed by atoms with Crippen LogP contribution >= 0.6 is 0 Å². The smallest absolute Gasteiger partial charge is 0.303 e. The highest BCUT2D eigenvalue weighted by Crippen LogP contribution is 2.19. The van der Waals surface area contributed by atoms with Gasteiger partial charge >= 0.3 is 5.97 Å². The Hall–Kier alpha value is -1.06. The first-order valence-corrected chi connectivity index (χ1v) is 6.13. The van der Waals surface area contributed by atoms with Gasteiger partial charge in [-0.15, -0.1) is 0 Å². The molecule has 1 aliphatic rings. The number of carboxylic acid groups (broad SMARTS) is 1. The first-order chi connectivity index (χ1) is 7.63. The van der Waals surface area contributed by atoms with E-state index in [0.29, 0.717) is 18.8 Å². The van der Waals surface area contributed by atoms with E-state index in [1.807, 2.05) is 4.90 Å². The SMILES string of the molecule is CCC1CCCN(C(=O)CCCC(=O)O)C1. The molecule has 0 aromatic rings. The Morgan fingerprint density at radius 2 is 2.12 bits per heavy atom. The summed E-state index contributed by atoms with van der Waals surface area (Å²) in [4.78, 5) is 24.0. The van der Waals surface area contributed by atoms with E-state index in [1.165, 1.54) is 6.42 Å². The van der Waals surface area contributed by atoms with E-state index in [0.717, 1.165) is 25.9 Å². The zero-order chi connectivity index (χ0) is 12.0. The van der Waals surface area contributed by atoms with Crippen LogP contribution in [0.4, 0.5) is 0 Å². The van der Waals surface area contributed by atoms with Crippen LogP contribution in [0.1, 0.15) is 45.4 Å². The molecule has 1 unspecified atom stereocenters. The minimum atomic E-state index is -0.821. The zero-order valence-electron chi connectivity index (χ0n) is 9.95. The summed E-state index contributed by atoms with van der Waals surface area (Å²) in [6.45, 7) is 3.87. The summed E-state index contributed by atoms with van der Waals surface area (Å²) in [5.74, 6) is -0.0607. The van der Waals surface area contributed by atoms with Crippen molar-refractivity contribution in [2.45, 2.75) is 45.4 Å². The number of likely N-dealkylation sites (tertiary alicyclic amines) is 1. The predicted molar refractivity (Wildman–Crippen MR) is 61.1 cm³/mol. The van der Waals surface area contributed by atoms with Crippen LogP contribution < -0.4 is 0 Å². The second-order valence-corrected chi connectivity index (χ2v) is 4.50. The van der Waals surface area contributed by atoms with Crippen molar-refractivity contribution < 1.29 is 14.7 Å². The average Bonchev–Trinajstić information content (AvgIpc) is 2.28. The van der Waals surface area contributed by atoms with E-state index in [9.17, 15) is 9.59 Å². The topological polar surface area (TPSA) is 57.6 Å². The highest BCUT2D eigenvalue weighted by molar-refractivity contribution is 5.77. The molecule has 0 aromatic carbocycles. The molecule has 16 heavy (non-hydrogen) atoms. The first kappa shape index (κ1) is 13.0. The number of nitrogens with zero attached hydrogens (tertiary/aromatic N) is 1. The van der Waals surface area contributed by atoms with Crippen LogP contribution in [0.15, 0.2) is 0 Å². The Bertz CT molecular complexity index is 253. The van der Waals surface area contributed by atoms with Crippen molar-refractivity contribution in [1.29, 1.82) is 0 Å². The van der Waals surface area contributed by atoms with Gasteiger partial charge in [-0.2, -0.15) is 0 Å². The maximum absolute atomic E-state index is 11.8. The van der Waals surface area contributed by atoms with Crippen LogP contribution in [0, 0.1) is 5.92 Å². The van der Waals surface area contributed by atoms with Crippen LogP contribution in [0.25, 0.3) is 0 Å². The average molecular weight is 227 g/mol. The summed E-state index contributed by atoms with van der Waals surface area (Å²) in [5.41, 5.74) is 0. The summed E-state index contributed by atoms with van der Waals surface area (Å²) < 4.78 is 0. The largest absolute Gasteiger partial charge is 0.481 e. The van der Waals surface area contributed by atoms with Crippen molar-refractivity contribution >= 4 is 11.9 Å². The van der Waals surface area contributed by atoms with Crippen molar-refractivity contribution in [2.24, 2.45) is 5.92 Å². The lowest BCUT2D eigenvalue weighted by molar-refractivity contribution is -0.137. The summed E-state index contributed by atoms with van der Waals surface area (Å²) in [5, 5.41) is 8.49. The second-order valence-electron chi connectivity index (χ2n) is 4.50. The Morgan fingerprint density at radius 1 is 1.38 bits per heavy atom. The quantitative estimate of drug-likeness (QED) is 0.780. The van der Waals surface area contributed by atoms with Gasteiger partial charge in [0.1, 0.15) is 0 Å². The molecule has 1 aliphatic heterocycles. The fourth-order valence-corrected chi connectivity index (χ4v) is 2.17. The minimum Gasteiger partial charge on any atom is -0.481 e. The number of hydrogen-bond donors (Lipinski definition) is 1. The van der Waals surface area contributed by atoms with E-state index in [2.05, 4.69) is 6.92 Å². The number of amides is 1. The van der Waals surface area contributed by atoms with Crippen LogP contribution in [0.5, 0.6) is 0 Å². The summed E-state index contributed by atoms with van der Waals surface area (Å²) in [7, 11) is 0. The lowest BCUT2D eigenvalue weighted by atomic mass is 9.95. The maximum Gasteiger partial charge on any atom is 0.303 e. The third kappa shape index (κ3) is 4.21. The van der Waals surface area contributed by atoms with Crippen molar-refractivity contribution in [3.05, 3.63) is 0 Å².